The number of anilines is 1. The van der Waals surface area contributed by atoms with Crippen molar-refractivity contribution in [1.82, 2.24) is 4.57 Å². The Balaban J connectivity index is 2.05. The highest BCUT2D eigenvalue weighted by molar-refractivity contribution is 6.30. The number of amides is 1. The summed E-state index contributed by atoms with van der Waals surface area (Å²) in [5, 5.41) is 3.54. The number of hydrogen-bond donors (Lipinski definition) is 1. The quantitative estimate of drug-likeness (QED) is 0.564. The molecule has 0 atom stereocenters. The van der Waals surface area contributed by atoms with Crippen molar-refractivity contribution in [1.29, 1.82) is 0 Å². The largest absolute Gasteiger partial charge is 0.343 e. The van der Waals surface area contributed by atoms with E-state index in [4.69, 9.17) is 11.6 Å². The number of aromatic nitrogens is 1. The van der Waals surface area contributed by atoms with Crippen molar-refractivity contribution >= 4 is 23.2 Å². The average molecular weight is 409 g/mol. The first kappa shape index (κ1) is 20.9. The first-order valence-electron chi connectivity index (χ1n) is 9.83. The van der Waals surface area contributed by atoms with Crippen LogP contribution < -0.4 is 10.7 Å². The van der Waals surface area contributed by atoms with Crippen molar-refractivity contribution in [2.75, 3.05) is 5.32 Å². The van der Waals surface area contributed by atoms with E-state index in [1.54, 1.807) is 6.07 Å². The van der Waals surface area contributed by atoms with Crippen LogP contribution in [0.2, 0.25) is 5.02 Å². The summed E-state index contributed by atoms with van der Waals surface area (Å²) in [6, 6.07) is 18.4. The molecule has 1 heterocycles. The number of rotatable bonds is 7. The molecular weight excluding hydrogens is 384 g/mol. The molecule has 0 radical (unpaired) electrons. The minimum absolute atomic E-state index is 0.224. The Hall–Kier alpha value is -2.85. The van der Waals surface area contributed by atoms with Gasteiger partial charge in [0, 0.05) is 34.7 Å². The molecule has 0 saturated carbocycles. The summed E-state index contributed by atoms with van der Waals surface area (Å²) in [6.07, 6.45) is 2.54. The van der Waals surface area contributed by atoms with E-state index in [9.17, 15) is 9.59 Å². The van der Waals surface area contributed by atoms with Gasteiger partial charge in [-0.15, -0.1) is 0 Å². The number of nitrogens with zero attached hydrogens (tertiary/aromatic N) is 1. The fourth-order valence-corrected chi connectivity index (χ4v) is 3.51. The predicted molar refractivity (Wildman–Crippen MR) is 119 cm³/mol. The number of benzene rings is 2. The minimum Gasteiger partial charge on any atom is -0.343 e. The molecule has 1 N–H and O–H groups in total. The van der Waals surface area contributed by atoms with Gasteiger partial charge in [0.05, 0.1) is 0 Å². The standard InChI is InChI=1S/C24H25ClN2O2/c1-3-4-10-21-23(24(29)26-20-8-6-5-7-9-20)22(28)15-17(2)27(21)16-18-11-13-19(25)14-12-18/h5-9,11-15H,3-4,10,16H2,1-2H3,(H,26,29). The van der Waals surface area contributed by atoms with Crippen LogP contribution in [0.5, 0.6) is 0 Å². The Labute approximate surface area is 176 Å². The van der Waals surface area contributed by atoms with Crippen molar-refractivity contribution < 1.29 is 4.79 Å². The molecule has 0 fully saturated rings. The topological polar surface area (TPSA) is 51.1 Å². The third-order valence-electron chi connectivity index (χ3n) is 4.91. The van der Waals surface area contributed by atoms with Gasteiger partial charge in [-0.3, -0.25) is 9.59 Å². The highest BCUT2D eigenvalue weighted by atomic mass is 35.5. The summed E-state index contributed by atoms with van der Waals surface area (Å²) in [7, 11) is 0. The van der Waals surface area contributed by atoms with Crippen LogP contribution in [-0.4, -0.2) is 10.5 Å². The van der Waals surface area contributed by atoms with Crippen LogP contribution in [0.3, 0.4) is 0 Å². The number of para-hydroxylation sites is 1. The van der Waals surface area contributed by atoms with E-state index in [-0.39, 0.29) is 16.9 Å². The SMILES string of the molecule is CCCCc1c(C(=O)Nc2ccccc2)c(=O)cc(C)n1Cc1ccc(Cl)cc1. The maximum Gasteiger partial charge on any atom is 0.261 e. The van der Waals surface area contributed by atoms with Gasteiger partial charge < -0.3 is 9.88 Å². The highest BCUT2D eigenvalue weighted by Crippen LogP contribution is 2.18. The molecule has 2 aromatic carbocycles. The van der Waals surface area contributed by atoms with E-state index in [1.807, 2.05) is 61.5 Å². The second-order valence-electron chi connectivity index (χ2n) is 7.11. The second kappa shape index (κ2) is 9.57. The zero-order valence-corrected chi connectivity index (χ0v) is 17.5. The first-order chi connectivity index (χ1) is 14.0. The lowest BCUT2D eigenvalue weighted by molar-refractivity contribution is 0.102. The number of pyridine rings is 1. The zero-order chi connectivity index (χ0) is 20.8. The predicted octanol–water partition coefficient (Wildman–Crippen LogP) is 5.45. The van der Waals surface area contributed by atoms with Crippen LogP contribution in [0.1, 0.15) is 47.1 Å². The Morgan fingerprint density at radius 1 is 1.07 bits per heavy atom. The molecule has 0 aliphatic carbocycles. The van der Waals surface area contributed by atoms with Gasteiger partial charge in [0.25, 0.3) is 5.91 Å². The first-order valence-corrected chi connectivity index (χ1v) is 10.2. The number of hydrogen-bond acceptors (Lipinski definition) is 2. The van der Waals surface area contributed by atoms with Crippen LogP contribution in [0, 0.1) is 6.92 Å². The molecule has 29 heavy (non-hydrogen) atoms. The van der Waals surface area contributed by atoms with E-state index < -0.39 is 0 Å². The molecule has 4 nitrogen and oxygen atoms in total. The Kier molecular flexibility index (Phi) is 6.89. The fourth-order valence-electron chi connectivity index (χ4n) is 3.38. The zero-order valence-electron chi connectivity index (χ0n) is 16.7. The van der Waals surface area contributed by atoms with Crippen molar-refractivity contribution in [3.05, 3.63) is 98.4 Å². The lowest BCUT2D eigenvalue weighted by Gasteiger charge is -2.20. The van der Waals surface area contributed by atoms with Crippen molar-refractivity contribution in [2.45, 2.75) is 39.7 Å². The van der Waals surface area contributed by atoms with Crippen LogP contribution in [-0.2, 0) is 13.0 Å². The summed E-state index contributed by atoms with van der Waals surface area (Å²) in [6.45, 7) is 4.58. The molecule has 0 saturated heterocycles. The normalized spacial score (nSPS) is 10.7. The van der Waals surface area contributed by atoms with Gasteiger partial charge in [-0.25, -0.2) is 0 Å². The van der Waals surface area contributed by atoms with Crippen LogP contribution in [0.15, 0.2) is 65.5 Å². The lowest BCUT2D eigenvalue weighted by atomic mass is 10.0. The van der Waals surface area contributed by atoms with Crippen LogP contribution >= 0.6 is 11.6 Å². The highest BCUT2D eigenvalue weighted by Gasteiger charge is 2.20. The van der Waals surface area contributed by atoms with Gasteiger partial charge in [0.15, 0.2) is 5.43 Å². The molecule has 0 unspecified atom stereocenters. The molecule has 3 aromatic rings. The molecule has 0 aliphatic rings. The van der Waals surface area contributed by atoms with Crippen molar-refractivity contribution in [2.24, 2.45) is 0 Å². The number of carbonyl (C=O) groups excluding carboxylic acids is 1. The lowest BCUT2D eigenvalue weighted by Crippen LogP contribution is -2.28. The van der Waals surface area contributed by atoms with Crippen molar-refractivity contribution in [3.63, 3.8) is 0 Å². The number of nitrogens with one attached hydrogen (secondary N) is 1. The van der Waals surface area contributed by atoms with Gasteiger partial charge in [-0.05, 0) is 49.6 Å². The molecule has 0 spiro atoms. The van der Waals surface area contributed by atoms with Crippen molar-refractivity contribution in [3.8, 4) is 0 Å². The second-order valence-corrected chi connectivity index (χ2v) is 7.54. The number of unbranched alkanes of at least 4 members (excludes halogenated alkanes) is 1. The molecule has 5 heteroatoms. The monoisotopic (exact) mass is 408 g/mol. The van der Waals surface area contributed by atoms with E-state index in [0.717, 1.165) is 29.8 Å². The summed E-state index contributed by atoms with van der Waals surface area (Å²) in [5.74, 6) is -0.364. The third-order valence-corrected chi connectivity index (χ3v) is 5.16. The van der Waals surface area contributed by atoms with Crippen LogP contribution in [0.4, 0.5) is 5.69 Å². The summed E-state index contributed by atoms with van der Waals surface area (Å²) < 4.78 is 2.07. The number of halogens is 1. The maximum absolute atomic E-state index is 13.0. The molecule has 0 aliphatic heterocycles. The van der Waals surface area contributed by atoms with E-state index in [1.165, 1.54) is 0 Å². The molecule has 1 amide bonds. The van der Waals surface area contributed by atoms with Gasteiger partial charge in [-0.2, -0.15) is 0 Å². The molecule has 3 rings (SSSR count). The molecule has 1 aromatic heterocycles. The number of carbonyl (C=O) groups is 1. The Bertz CT molecular complexity index is 1040. The van der Waals surface area contributed by atoms with Crippen LogP contribution in [0.25, 0.3) is 0 Å². The average Bonchev–Trinajstić information content (AvgIpc) is 2.70. The third kappa shape index (κ3) is 5.15. The minimum atomic E-state index is -0.364. The fraction of sp³-hybridized carbons (Fsp3) is 0.250. The van der Waals surface area contributed by atoms with E-state index in [2.05, 4.69) is 16.8 Å². The molecule has 150 valence electrons. The van der Waals surface area contributed by atoms with E-state index in [0.29, 0.717) is 23.7 Å². The molecule has 0 bridgehead atoms. The molecular formula is C24H25ClN2O2. The number of aryl methyl sites for hydroxylation is 1. The van der Waals surface area contributed by atoms with E-state index >= 15 is 0 Å². The Morgan fingerprint density at radius 3 is 2.41 bits per heavy atom. The summed E-state index contributed by atoms with van der Waals surface area (Å²) >= 11 is 6.01. The van der Waals surface area contributed by atoms with Gasteiger partial charge in [0.2, 0.25) is 0 Å². The smallest absolute Gasteiger partial charge is 0.261 e. The maximum atomic E-state index is 13.0. The van der Waals surface area contributed by atoms with Gasteiger partial charge in [0.1, 0.15) is 5.56 Å². The summed E-state index contributed by atoms with van der Waals surface area (Å²) in [5.41, 5.74) is 3.33. The van der Waals surface area contributed by atoms with Gasteiger partial charge in [-0.1, -0.05) is 55.3 Å². The summed E-state index contributed by atoms with van der Waals surface area (Å²) in [4.78, 5) is 25.9. The van der Waals surface area contributed by atoms with Gasteiger partial charge >= 0.3 is 0 Å². The Morgan fingerprint density at radius 2 is 1.76 bits per heavy atom.